The number of rotatable bonds is 1. The average Bonchev–Trinajstić information content (AvgIpc) is 2.19. The number of primary amides is 1. The molecular formula is C11H10N2O2. The Morgan fingerprint density at radius 2 is 2.07 bits per heavy atom. The predicted octanol–water partition coefficient (Wildman–Crippen LogP) is 0.935. The third-order valence-electron chi connectivity index (χ3n) is 2.31. The van der Waals surface area contributed by atoms with E-state index in [1.165, 1.54) is 0 Å². The second-order valence-electron chi connectivity index (χ2n) is 3.45. The van der Waals surface area contributed by atoms with Crippen LogP contribution in [0.1, 0.15) is 15.9 Å². The summed E-state index contributed by atoms with van der Waals surface area (Å²) in [6.45, 7) is 1.72. The molecule has 4 nitrogen and oxygen atoms in total. The van der Waals surface area contributed by atoms with Crippen LogP contribution in [0.25, 0.3) is 10.9 Å². The first-order valence-electron chi connectivity index (χ1n) is 4.51. The third-order valence-corrected chi connectivity index (χ3v) is 2.31. The zero-order valence-corrected chi connectivity index (χ0v) is 8.20. The first-order chi connectivity index (χ1) is 7.08. The molecule has 2 rings (SSSR count). The number of H-pyrrole nitrogens is 1. The Balaban J connectivity index is 2.77. The van der Waals surface area contributed by atoms with Gasteiger partial charge < -0.3 is 10.7 Å². The van der Waals surface area contributed by atoms with Gasteiger partial charge in [0.1, 0.15) is 0 Å². The van der Waals surface area contributed by atoms with Crippen LogP contribution in [0.15, 0.2) is 29.1 Å². The van der Waals surface area contributed by atoms with Gasteiger partial charge in [0.25, 0.3) is 5.56 Å². The van der Waals surface area contributed by atoms with Crippen molar-refractivity contribution in [1.82, 2.24) is 4.98 Å². The van der Waals surface area contributed by atoms with Crippen molar-refractivity contribution < 1.29 is 4.79 Å². The highest BCUT2D eigenvalue weighted by Gasteiger charge is 2.03. The van der Waals surface area contributed by atoms with Gasteiger partial charge in [-0.2, -0.15) is 0 Å². The van der Waals surface area contributed by atoms with Crippen LogP contribution in [0.2, 0.25) is 0 Å². The van der Waals surface area contributed by atoms with Crippen molar-refractivity contribution in [2.75, 3.05) is 0 Å². The maximum atomic E-state index is 11.3. The highest BCUT2D eigenvalue weighted by molar-refractivity contribution is 5.96. The highest BCUT2D eigenvalue weighted by atomic mass is 16.1. The summed E-state index contributed by atoms with van der Waals surface area (Å²) in [4.78, 5) is 25.0. The number of aromatic nitrogens is 1. The van der Waals surface area contributed by atoms with Gasteiger partial charge in [0.05, 0.1) is 0 Å². The van der Waals surface area contributed by atoms with Gasteiger partial charge in [-0.15, -0.1) is 0 Å². The highest BCUT2D eigenvalue weighted by Crippen LogP contribution is 2.12. The second kappa shape index (κ2) is 3.24. The Kier molecular flexibility index (Phi) is 2.04. The Morgan fingerprint density at radius 1 is 1.33 bits per heavy atom. The lowest BCUT2D eigenvalue weighted by Crippen LogP contribution is -2.12. The second-order valence-corrected chi connectivity index (χ2v) is 3.45. The summed E-state index contributed by atoms with van der Waals surface area (Å²) >= 11 is 0. The molecule has 15 heavy (non-hydrogen) atoms. The molecule has 76 valence electrons. The van der Waals surface area contributed by atoms with Gasteiger partial charge in [-0.05, 0) is 36.6 Å². The maximum Gasteiger partial charge on any atom is 0.251 e. The molecule has 0 bridgehead atoms. The molecule has 1 heterocycles. The molecular weight excluding hydrogens is 192 g/mol. The topological polar surface area (TPSA) is 76.0 Å². The van der Waals surface area contributed by atoms with Crippen LogP contribution in [-0.4, -0.2) is 10.9 Å². The van der Waals surface area contributed by atoms with E-state index in [9.17, 15) is 9.59 Å². The van der Waals surface area contributed by atoms with Crippen molar-refractivity contribution in [3.63, 3.8) is 0 Å². The molecule has 3 N–H and O–H groups in total. The number of amides is 1. The number of nitrogens with one attached hydrogen (secondary N) is 1. The molecule has 4 heteroatoms. The standard InChI is InChI=1S/C11H10N2O2/c1-6-4-8-5-7(10(12)14)2-3-9(8)13-11(6)15/h2-5H,1H3,(H2,12,14)(H,13,15). The van der Waals surface area contributed by atoms with Crippen molar-refractivity contribution >= 4 is 16.8 Å². The van der Waals surface area contributed by atoms with Crippen LogP contribution in [0, 0.1) is 6.92 Å². The Labute approximate surface area is 85.7 Å². The van der Waals surface area contributed by atoms with Gasteiger partial charge >= 0.3 is 0 Å². The van der Waals surface area contributed by atoms with E-state index in [1.54, 1.807) is 31.2 Å². The van der Waals surface area contributed by atoms with Crippen molar-refractivity contribution in [3.8, 4) is 0 Å². The number of benzene rings is 1. The average molecular weight is 202 g/mol. The lowest BCUT2D eigenvalue weighted by molar-refractivity contribution is 0.100. The summed E-state index contributed by atoms with van der Waals surface area (Å²) in [5.41, 5.74) is 6.80. The number of aromatic amines is 1. The van der Waals surface area contributed by atoms with E-state index >= 15 is 0 Å². The first-order valence-corrected chi connectivity index (χ1v) is 4.51. The lowest BCUT2D eigenvalue weighted by atomic mass is 10.1. The molecule has 0 unspecified atom stereocenters. The van der Waals surface area contributed by atoms with E-state index in [4.69, 9.17) is 5.73 Å². The summed E-state index contributed by atoms with van der Waals surface area (Å²) in [5.74, 6) is -0.472. The van der Waals surface area contributed by atoms with Gasteiger partial charge in [0, 0.05) is 16.6 Å². The molecule has 0 saturated heterocycles. The van der Waals surface area contributed by atoms with Gasteiger partial charge in [-0.3, -0.25) is 9.59 Å². The van der Waals surface area contributed by atoms with E-state index in [0.717, 1.165) is 5.39 Å². The lowest BCUT2D eigenvalue weighted by Gasteiger charge is -2.01. The van der Waals surface area contributed by atoms with Crippen LogP contribution in [0.3, 0.4) is 0 Å². The summed E-state index contributed by atoms with van der Waals surface area (Å²) in [5, 5.41) is 0.809. The monoisotopic (exact) mass is 202 g/mol. The van der Waals surface area contributed by atoms with E-state index < -0.39 is 5.91 Å². The molecule has 0 aliphatic rings. The van der Waals surface area contributed by atoms with E-state index in [-0.39, 0.29) is 5.56 Å². The molecule has 1 aromatic heterocycles. The van der Waals surface area contributed by atoms with Gasteiger partial charge in [0.2, 0.25) is 5.91 Å². The van der Waals surface area contributed by atoms with Gasteiger partial charge in [0.15, 0.2) is 0 Å². The molecule has 1 amide bonds. The number of nitrogens with two attached hydrogens (primary N) is 1. The number of hydrogen-bond donors (Lipinski definition) is 2. The SMILES string of the molecule is Cc1cc2cc(C(N)=O)ccc2[nH]c1=O. The van der Waals surface area contributed by atoms with E-state index in [2.05, 4.69) is 4.98 Å². The number of aryl methyl sites for hydroxylation is 1. The van der Waals surface area contributed by atoms with Crippen molar-refractivity contribution in [1.29, 1.82) is 0 Å². The van der Waals surface area contributed by atoms with Crippen molar-refractivity contribution in [3.05, 3.63) is 45.7 Å². The minimum absolute atomic E-state index is 0.116. The first kappa shape index (κ1) is 9.45. The Hall–Kier alpha value is -2.10. The van der Waals surface area contributed by atoms with E-state index in [1.807, 2.05) is 0 Å². The smallest absolute Gasteiger partial charge is 0.251 e. The predicted molar refractivity (Wildman–Crippen MR) is 57.8 cm³/mol. The third kappa shape index (κ3) is 1.61. The number of hydrogen-bond acceptors (Lipinski definition) is 2. The molecule has 2 aromatic rings. The molecule has 0 fully saturated rings. The minimum Gasteiger partial charge on any atom is -0.366 e. The van der Waals surface area contributed by atoms with Crippen LogP contribution in [0.5, 0.6) is 0 Å². The molecule has 0 radical (unpaired) electrons. The molecule has 1 aromatic carbocycles. The van der Waals surface area contributed by atoms with Crippen molar-refractivity contribution in [2.24, 2.45) is 5.73 Å². The fraction of sp³-hybridized carbons (Fsp3) is 0.0909. The Morgan fingerprint density at radius 3 is 2.73 bits per heavy atom. The number of carbonyl (C=O) groups excluding carboxylic acids is 1. The number of carbonyl (C=O) groups is 1. The van der Waals surface area contributed by atoms with Crippen LogP contribution >= 0.6 is 0 Å². The summed E-state index contributed by atoms with van der Waals surface area (Å²) in [6, 6.07) is 6.67. The molecule has 0 saturated carbocycles. The zero-order chi connectivity index (χ0) is 11.0. The normalized spacial score (nSPS) is 10.5. The fourth-order valence-corrected chi connectivity index (χ4v) is 1.47. The summed E-state index contributed by atoms with van der Waals surface area (Å²) in [7, 11) is 0. The molecule has 0 spiro atoms. The fourth-order valence-electron chi connectivity index (χ4n) is 1.47. The van der Waals surface area contributed by atoms with Crippen LogP contribution in [0.4, 0.5) is 0 Å². The van der Waals surface area contributed by atoms with Crippen LogP contribution in [-0.2, 0) is 0 Å². The Bertz CT molecular complexity index is 599. The number of pyridine rings is 1. The van der Waals surface area contributed by atoms with Gasteiger partial charge in [-0.25, -0.2) is 0 Å². The maximum absolute atomic E-state index is 11.3. The summed E-state index contributed by atoms with van der Waals surface area (Å²) in [6.07, 6.45) is 0. The van der Waals surface area contributed by atoms with E-state index in [0.29, 0.717) is 16.6 Å². The summed E-state index contributed by atoms with van der Waals surface area (Å²) < 4.78 is 0. The minimum atomic E-state index is -0.472. The van der Waals surface area contributed by atoms with Crippen molar-refractivity contribution in [2.45, 2.75) is 6.92 Å². The molecule has 0 atom stereocenters. The molecule has 0 aliphatic carbocycles. The number of fused-ring (bicyclic) bond motifs is 1. The zero-order valence-electron chi connectivity index (χ0n) is 8.20. The quantitative estimate of drug-likeness (QED) is 0.721. The van der Waals surface area contributed by atoms with Crippen LogP contribution < -0.4 is 11.3 Å². The molecule has 0 aliphatic heterocycles. The largest absolute Gasteiger partial charge is 0.366 e. The van der Waals surface area contributed by atoms with Gasteiger partial charge in [-0.1, -0.05) is 0 Å².